The SMILES string of the molecule is c1ccc(CC(c2ncnn2C2CCCCC2)n2cnnn2)cc1. The minimum Gasteiger partial charge on any atom is -0.245 e. The van der Waals surface area contributed by atoms with E-state index in [1.807, 2.05) is 6.07 Å². The Morgan fingerprint density at radius 1 is 1.08 bits per heavy atom. The van der Waals surface area contributed by atoms with E-state index in [0.29, 0.717) is 6.04 Å². The van der Waals surface area contributed by atoms with Gasteiger partial charge >= 0.3 is 0 Å². The van der Waals surface area contributed by atoms with Gasteiger partial charge < -0.3 is 0 Å². The molecule has 1 aromatic carbocycles. The summed E-state index contributed by atoms with van der Waals surface area (Å²) in [6, 6.07) is 10.8. The van der Waals surface area contributed by atoms with Crippen molar-refractivity contribution < 1.29 is 0 Å². The molecule has 1 unspecified atom stereocenters. The predicted molar refractivity (Wildman–Crippen MR) is 88.2 cm³/mol. The summed E-state index contributed by atoms with van der Waals surface area (Å²) in [4.78, 5) is 4.58. The molecule has 24 heavy (non-hydrogen) atoms. The Hall–Kier alpha value is -2.57. The average molecular weight is 323 g/mol. The first-order valence-corrected chi connectivity index (χ1v) is 8.57. The van der Waals surface area contributed by atoms with Crippen molar-refractivity contribution in [3.8, 4) is 0 Å². The first-order chi connectivity index (χ1) is 11.9. The van der Waals surface area contributed by atoms with Crippen LogP contribution in [0, 0.1) is 0 Å². The Morgan fingerprint density at radius 3 is 2.67 bits per heavy atom. The fraction of sp³-hybridized carbons (Fsp3) is 0.471. The second-order valence-electron chi connectivity index (χ2n) is 6.35. The Labute approximate surface area is 140 Å². The van der Waals surface area contributed by atoms with Crippen molar-refractivity contribution in [1.82, 2.24) is 35.0 Å². The summed E-state index contributed by atoms with van der Waals surface area (Å²) < 4.78 is 3.89. The lowest BCUT2D eigenvalue weighted by molar-refractivity contribution is 0.307. The zero-order chi connectivity index (χ0) is 16.2. The molecule has 4 rings (SSSR count). The van der Waals surface area contributed by atoms with Crippen LogP contribution in [0.25, 0.3) is 0 Å². The second-order valence-corrected chi connectivity index (χ2v) is 6.35. The van der Waals surface area contributed by atoms with Crippen LogP contribution >= 0.6 is 0 Å². The first-order valence-electron chi connectivity index (χ1n) is 8.57. The van der Waals surface area contributed by atoms with E-state index in [1.54, 1.807) is 17.3 Å². The van der Waals surface area contributed by atoms with E-state index in [-0.39, 0.29) is 6.04 Å². The second kappa shape index (κ2) is 6.90. The number of aromatic nitrogens is 7. The molecule has 0 bridgehead atoms. The number of tetrazole rings is 1. The van der Waals surface area contributed by atoms with Gasteiger partial charge in [-0.25, -0.2) is 14.3 Å². The molecule has 0 spiro atoms. The fourth-order valence-corrected chi connectivity index (χ4v) is 3.56. The smallest absolute Gasteiger partial charge is 0.152 e. The van der Waals surface area contributed by atoms with Crippen molar-refractivity contribution >= 4 is 0 Å². The first kappa shape index (κ1) is 15.0. The quantitative estimate of drug-likeness (QED) is 0.721. The third kappa shape index (κ3) is 3.06. The van der Waals surface area contributed by atoms with Gasteiger partial charge in [-0.1, -0.05) is 49.6 Å². The van der Waals surface area contributed by atoms with Gasteiger partial charge in [0.2, 0.25) is 0 Å². The molecule has 124 valence electrons. The van der Waals surface area contributed by atoms with E-state index in [9.17, 15) is 0 Å². The molecule has 2 aromatic heterocycles. The van der Waals surface area contributed by atoms with Gasteiger partial charge in [-0.2, -0.15) is 5.10 Å². The van der Waals surface area contributed by atoms with E-state index >= 15 is 0 Å². The maximum atomic E-state index is 4.58. The van der Waals surface area contributed by atoms with E-state index in [4.69, 9.17) is 0 Å². The van der Waals surface area contributed by atoms with Crippen LogP contribution in [0.4, 0.5) is 0 Å². The van der Waals surface area contributed by atoms with Crippen molar-refractivity contribution in [2.24, 2.45) is 0 Å². The van der Waals surface area contributed by atoms with Gasteiger partial charge in [0.1, 0.15) is 18.7 Å². The summed E-state index contributed by atoms with van der Waals surface area (Å²) >= 11 is 0. The van der Waals surface area contributed by atoms with Gasteiger partial charge in [-0.05, 0) is 28.8 Å². The molecule has 1 aliphatic rings. The summed E-state index contributed by atoms with van der Waals surface area (Å²) in [5, 5.41) is 16.3. The summed E-state index contributed by atoms with van der Waals surface area (Å²) in [5.74, 6) is 0.943. The molecule has 1 atom stereocenters. The molecular weight excluding hydrogens is 302 g/mol. The van der Waals surface area contributed by atoms with Crippen molar-refractivity contribution in [2.45, 2.75) is 50.6 Å². The highest BCUT2D eigenvalue weighted by Gasteiger charge is 2.26. The van der Waals surface area contributed by atoms with Crippen LogP contribution in [0.2, 0.25) is 0 Å². The van der Waals surface area contributed by atoms with Gasteiger partial charge in [0, 0.05) is 6.42 Å². The van der Waals surface area contributed by atoms with Gasteiger partial charge in [-0.15, -0.1) is 5.10 Å². The molecular formula is C17H21N7. The number of benzene rings is 1. The Morgan fingerprint density at radius 2 is 1.92 bits per heavy atom. The van der Waals surface area contributed by atoms with Crippen molar-refractivity contribution in [3.63, 3.8) is 0 Å². The summed E-state index contributed by atoms with van der Waals surface area (Å²) in [5.41, 5.74) is 1.23. The molecule has 0 amide bonds. The van der Waals surface area contributed by atoms with Gasteiger partial charge in [-0.3, -0.25) is 0 Å². The molecule has 0 N–H and O–H groups in total. The highest BCUT2D eigenvalue weighted by molar-refractivity contribution is 5.17. The minimum absolute atomic E-state index is 0.0492. The lowest BCUT2D eigenvalue weighted by atomic mass is 9.95. The van der Waals surface area contributed by atoms with Gasteiger partial charge in [0.05, 0.1) is 6.04 Å². The highest BCUT2D eigenvalue weighted by Crippen LogP contribution is 2.30. The van der Waals surface area contributed by atoms with Crippen molar-refractivity contribution in [2.75, 3.05) is 0 Å². The summed E-state index contributed by atoms with van der Waals surface area (Å²) in [7, 11) is 0. The molecule has 1 fully saturated rings. The van der Waals surface area contributed by atoms with E-state index in [0.717, 1.165) is 12.2 Å². The third-order valence-corrected chi connectivity index (χ3v) is 4.78. The third-order valence-electron chi connectivity index (χ3n) is 4.78. The molecule has 7 nitrogen and oxygen atoms in total. The summed E-state index contributed by atoms with van der Waals surface area (Å²) in [6.45, 7) is 0. The zero-order valence-electron chi connectivity index (χ0n) is 13.6. The fourth-order valence-electron chi connectivity index (χ4n) is 3.56. The average Bonchev–Trinajstić information content (AvgIpc) is 3.33. The molecule has 7 heteroatoms. The van der Waals surface area contributed by atoms with E-state index in [2.05, 4.69) is 54.6 Å². The molecule has 2 heterocycles. The van der Waals surface area contributed by atoms with E-state index in [1.165, 1.54) is 37.7 Å². The number of hydrogen-bond acceptors (Lipinski definition) is 5. The highest BCUT2D eigenvalue weighted by atomic mass is 15.5. The zero-order valence-corrected chi connectivity index (χ0v) is 13.6. The van der Waals surface area contributed by atoms with Crippen molar-refractivity contribution in [3.05, 3.63) is 54.4 Å². The maximum absolute atomic E-state index is 4.58. The van der Waals surface area contributed by atoms with Crippen LogP contribution in [0.1, 0.15) is 55.6 Å². The normalized spacial score (nSPS) is 17.0. The Kier molecular flexibility index (Phi) is 4.31. The number of hydrogen-bond donors (Lipinski definition) is 0. The van der Waals surface area contributed by atoms with Crippen molar-refractivity contribution in [1.29, 1.82) is 0 Å². The molecule has 0 saturated heterocycles. The Bertz CT molecular complexity index is 744. The molecule has 1 aliphatic carbocycles. The van der Waals surface area contributed by atoms with Crippen LogP contribution < -0.4 is 0 Å². The molecule has 1 saturated carbocycles. The number of rotatable bonds is 5. The van der Waals surface area contributed by atoms with Gasteiger partial charge in [0.15, 0.2) is 5.82 Å². The largest absolute Gasteiger partial charge is 0.245 e. The lowest BCUT2D eigenvalue weighted by Gasteiger charge is -2.25. The Balaban J connectivity index is 1.68. The molecule has 3 aromatic rings. The van der Waals surface area contributed by atoms with Crippen LogP contribution in [-0.4, -0.2) is 35.0 Å². The summed E-state index contributed by atoms with van der Waals surface area (Å²) in [6.07, 6.45) is 10.3. The van der Waals surface area contributed by atoms with Crippen LogP contribution in [0.5, 0.6) is 0 Å². The lowest BCUT2D eigenvalue weighted by Crippen LogP contribution is -2.24. The van der Waals surface area contributed by atoms with E-state index < -0.39 is 0 Å². The molecule has 0 radical (unpaired) electrons. The van der Waals surface area contributed by atoms with Gasteiger partial charge in [0.25, 0.3) is 0 Å². The topological polar surface area (TPSA) is 74.3 Å². The standard InChI is InChI=1S/C17H21N7/c1-3-7-14(8-4-1)11-16(23-13-19-21-22-23)17-18-12-20-24(17)15-9-5-2-6-10-15/h1,3-4,7-8,12-13,15-16H,2,5-6,9-11H2. The molecule has 0 aliphatic heterocycles. The monoisotopic (exact) mass is 323 g/mol. The van der Waals surface area contributed by atoms with Crippen LogP contribution in [0.15, 0.2) is 43.0 Å². The maximum Gasteiger partial charge on any atom is 0.152 e. The predicted octanol–water partition coefficient (Wildman–Crippen LogP) is 2.60. The minimum atomic E-state index is -0.0492. The number of nitrogens with zero attached hydrogens (tertiary/aromatic N) is 7. The van der Waals surface area contributed by atoms with Crippen LogP contribution in [0.3, 0.4) is 0 Å². The van der Waals surface area contributed by atoms with Crippen LogP contribution in [-0.2, 0) is 6.42 Å².